The minimum Gasteiger partial charge on any atom is -0.447 e. The van der Waals surface area contributed by atoms with Crippen molar-refractivity contribution >= 4 is 6.09 Å². The molecule has 1 atom stereocenters. The first-order chi connectivity index (χ1) is 5.83. The van der Waals surface area contributed by atoms with E-state index in [1.165, 1.54) is 0 Å². The molecule has 1 aliphatic carbocycles. The van der Waals surface area contributed by atoms with Crippen LogP contribution in [0.2, 0.25) is 0 Å². The van der Waals surface area contributed by atoms with Gasteiger partial charge in [0.05, 0.1) is 6.04 Å². The number of nitrogens with zero attached hydrogens (tertiary/aromatic N) is 1. The van der Waals surface area contributed by atoms with Crippen LogP contribution in [0.5, 0.6) is 0 Å². The molecule has 12 heavy (non-hydrogen) atoms. The molecule has 1 saturated heterocycles. The Balaban J connectivity index is 1.98. The van der Waals surface area contributed by atoms with E-state index < -0.39 is 0 Å². The molecule has 0 radical (unpaired) electrons. The van der Waals surface area contributed by atoms with Crippen LogP contribution in [0.25, 0.3) is 0 Å². The lowest BCUT2D eigenvalue weighted by molar-refractivity contribution is 0.156. The summed E-state index contributed by atoms with van der Waals surface area (Å²) < 4.78 is 4.98. The molecular formula is C8H14N2O2. The van der Waals surface area contributed by atoms with Crippen LogP contribution in [0.1, 0.15) is 12.8 Å². The molecule has 0 aromatic carbocycles. The third kappa shape index (κ3) is 1.27. The summed E-state index contributed by atoms with van der Waals surface area (Å²) in [6, 6.07) is 0.730. The van der Waals surface area contributed by atoms with Gasteiger partial charge in [0.25, 0.3) is 0 Å². The first-order valence-corrected chi connectivity index (χ1v) is 4.42. The Labute approximate surface area is 71.9 Å². The van der Waals surface area contributed by atoms with Crippen molar-refractivity contribution in [3.63, 3.8) is 0 Å². The van der Waals surface area contributed by atoms with Crippen LogP contribution in [0.15, 0.2) is 0 Å². The Morgan fingerprint density at radius 2 is 2.42 bits per heavy atom. The molecule has 0 bridgehead atoms. The van der Waals surface area contributed by atoms with Gasteiger partial charge < -0.3 is 10.1 Å². The number of likely N-dealkylation sites (N-methyl/N-ethyl adjacent to an activating group) is 1. The molecule has 0 aromatic rings. The van der Waals surface area contributed by atoms with Crippen molar-refractivity contribution in [2.45, 2.75) is 24.9 Å². The fourth-order valence-corrected chi connectivity index (χ4v) is 1.66. The number of rotatable bonds is 3. The molecule has 0 aromatic heterocycles. The second kappa shape index (κ2) is 2.94. The topological polar surface area (TPSA) is 41.6 Å². The van der Waals surface area contributed by atoms with Crippen LogP contribution in [0.3, 0.4) is 0 Å². The summed E-state index contributed by atoms with van der Waals surface area (Å²) in [7, 11) is 1.90. The Bertz CT molecular complexity index is 191. The minimum atomic E-state index is -0.127. The molecule has 68 valence electrons. The van der Waals surface area contributed by atoms with Crippen LogP contribution in [-0.2, 0) is 4.74 Å². The van der Waals surface area contributed by atoms with Crippen LogP contribution in [-0.4, -0.2) is 43.3 Å². The van der Waals surface area contributed by atoms with Gasteiger partial charge in [-0.25, -0.2) is 4.79 Å². The third-order valence-electron chi connectivity index (χ3n) is 2.38. The SMILES string of the molecule is CNCC1COC(=O)N1C1CC1. The second-order valence-electron chi connectivity index (χ2n) is 3.43. The fraction of sp³-hybridized carbons (Fsp3) is 0.875. The normalized spacial score (nSPS) is 29.2. The van der Waals surface area contributed by atoms with Crippen molar-refractivity contribution in [1.29, 1.82) is 0 Å². The van der Waals surface area contributed by atoms with Gasteiger partial charge in [-0.15, -0.1) is 0 Å². The van der Waals surface area contributed by atoms with Crippen LogP contribution in [0.4, 0.5) is 4.79 Å². The van der Waals surface area contributed by atoms with Crippen molar-refractivity contribution < 1.29 is 9.53 Å². The van der Waals surface area contributed by atoms with Crippen molar-refractivity contribution in [3.8, 4) is 0 Å². The number of hydrogen-bond acceptors (Lipinski definition) is 3. The Hall–Kier alpha value is -0.770. The quantitative estimate of drug-likeness (QED) is 0.657. The molecular weight excluding hydrogens is 156 g/mol. The van der Waals surface area contributed by atoms with Gasteiger partial charge in [-0.2, -0.15) is 0 Å². The zero-order valence-electron chi connectivity index (χ0n) is 7.25. The summed E-state index contributed by atoms with van der Waals surface area (Å²) in [5.74, 6) is 0. The smallest absolute Gasteiger partial charge is 0.410 e. The molecule has 0 spiro atoms. The predicted molar refractivity (Wildman–Crippen MR) is 43.9 cm³/mol. The Morgan fingerprint density at radius 3 is 3.00 bits per heavy atom. The van der Waals surface area contributed by atoms with Gasteiger partial charge in [0.2, 0.25) is 0 Å². The highest BCUT2D eigenvalue weighted by molar-refractivity contribution is 5.71. The highest BCUT2D eigenvalue weighted by Crippen LogP contribution is 2.31. The van der Waals surface area contributed by atoms with E-state index in [2.05, 4.69) is 5.32 Å². The summed E-state index contributed by atoms with van der Waals surface area (Å²) in [5.41, 5.74) is 0. The van der Waals surface area contributed by atoms with Gasteiger partial charge >= 0.3 is 6.09 Å². The average molecular weight is 170 g/mol. The Morgan fingerprint density at radius 1 is 1.67 bits per heavy atom. The minimum absolute atomic E-state index is 0.127. The first kappa shape index (κ1) is 7.86. The molecule has 2 fully saturated rings. The average Bonchev–Trinajstić information content (AvgIpc) is 2.80. The molecule has 2 rings (SSSR count). The van der Waals surface area contributed by atoms with Crippen LogP contribution < -0.4 is 5.32 Å². The molecule has 2 aliphatic rings. The zero-order valence-corrected chi connectivity index (χ0v) is 7.25. The van der Waals surface area contributed by atoms with Crippen LogP contribution in [0, 0.1) is 0 Å². The number of hydrogen-bond donors (Lipinski definition) is 1. The lowest BCUT2D eigenvalue weighted by Crippen LogP contribution is -2.41. The number of nitrogens with one attached hydrogen (secondary N) is 1. The standard InChI is InChI=1S/C8H14N2O2/c1-9-4-7-5-12-8(11)10(7)6-2-3-6/h6-7,9H,2-5H2,1H3. The van der Waals surface area contributed by atoms with E-state index in [1.54, 1.807) is 0 Å². The summed E-state index contributed by atoms with van der Waals surface area (Å²) >= 11 is 0. The largest absolute Gasteiger partial charge is 0.447 e. The number of cyclic esters (lactones) is 1. The highest BCUT2D eigenvalue weighted by Gasteiger charge is 2.42. The van der Waals surface area contributed by atoms with E-state index in [1.807, 2.05) is 11.9 Å². The van der Waals surface area contributed by atoms with E-state index in [9.17, 15) is 4.79 Å². The molecule has 1 heterocycles. The number of amides is 1. The van der Waals surface area contributed by atoms with Crippen molar-refractivity contribution in [2.75, 3.05) is 20.2 Å². The maximum atomic E-state index is 11.2. The first-order valence-electron chi connectivity index (χ1n) is 4.42. The molecule has 1 amide bonds. The zero-order chi connectivity index (χ0) is 8.55. The molecule has 1 aliphatic heterocycles. The van der Waals surface area contributed by atoms with Crippen molar-refractivity contribution in [3.05, 3.63) is 0 Å². The maximum absolute atomic E-state index is 11.2. The van der Waals surface area contributed by atoms with Gasteiger partial charge in [-0.1, -0.05) is 0 Å². The van der Waals surface area contributed by atoms with Crippen molar-refractivity contribution in [2.24, 2.45) is 0 Å². The maximum Gasteiger partial charge on any atom is 0.410 e. The molecule has 1 unspecified atom stereocenters. The van der Waals surface area contributed by atoms with E-state index >= 15 is 0 Å². The van der Waals surface area contributed by atoms with E-state index in [0.29, 0.717) is 12.6 Å². The van der Waals surface area contributed by atoms with Crippen molar-refractivity contribution in [1.82, 2.24) is 10.2 Å². The fourth-order valence-electron chi connectivity index (χ4n) is 1.66. The summed E-state index contributed by atoms with van der Waals surface area (Å²) in [5, 5.41) is 3.07. The Kier molecular flexibility index (Phi) is 1.92. The van der Waals surface area contributed by atoms with E-state index in [-0.39, 0.29) is 12.1 Å². The van der Waals surface area contributed by atoms with Gasteiger partial charge in [-0.3, -0.25) is 4.90 Å². The third-order valence-corrected chi connectivity index (χ3v) is 2.38. The second-order valence-corrected chi connectivity index (χ2v) is 3.43. The highest BCUT2D eigenvalue weighted by atomic mass is 16.6. The lowest BCUT2D eigenvalue weighted by Gasteiger charge is -2.20. The van der Waals surface area contributed by atoms with Gasteiger partial charge in [0.1, 0.15) is 6.61 Å². The van der Waals surface area contributed by atoms with Gasteiger partial charge in [0.15, 0.2) is 0 Å². The number of carbonyl (C=O) groups excluding carboxylic acids is 1. The summed E-state index contributed by atoms with van der Waals surface area (Å²) in [4.78, 5) is 13.1. The molecule has 1 N–H and O–H groups in total. The number of carbonyl (C=O) groups is 1. The molecule has 4 heteroatoms. The monoisotopic (exact) mass is 170 g/mol. The van der Waals surface area contributed by atoms with Gasteiger partial charge in [0, 0.05) is 12.6 Å². The van der Waals surface area contributed by atoms with Crippen LogP contribution >= 0.6 is 0 Å². The van der Waals surface area contributed by atoms with E-state index in [0.717, 1.165) is 19.4 Å². The summed E-state index contributed by atoms with van der Waals surface area (Å²) in [6.45, 7) is 1.39. The lowest BCUT2D eigenvalue weighted by atomic mass is 10.3. The summed E-state index contributed by atoms with van der Waals surface area (Å²) in [6.07, 6.45) is 2.17. The molecule has 1 saturated carbocycles. The van der Waals surface area contributed by atoms with Gasteiger partial charge in [-0.05, 0) is 19.9 Å². The van der Waals surface area contributed by atoms with E-state index in [4.69, 9.17) is 4.74 Å². The number of ether oxygens (including phenoxy) is 1. The predicted octanol–water partition coefficient (Wildman–Crippen LogP) is 0.189. The molecule has 4 nitrogen and oxygen atoms in total.